The Morgan fingerprint density at radius 3 is 2.93 bits per heavy atom. The molecule has 0 aliphatic heterocycles. The van der Waals surface area contributed by atoms with Crippen LogP contribution in [0.5, 0.6) is 0 Å². The van der Waals surface area contributed by atoms with Crippen molar-refractivity contribution in [1.29, 1.82) is 0 Å². The predicted molar refractivity (Wildman–Crippen MR) is 49.2 cm³/mol. The largest absolute Gasteiger partial charge is 0.407 e. The van der Waals surface area contributed by atoms with Crippen molar-refractivity contribution in [2.24, 2.45) is 0 Å². The van der Waals surface area contributed by atoms with Crippen LogP contribution in [0.4, 0.5) is 11.8 Å². The van der Waals surface area contributed by atoms with Gasteiger partial charge in [0.1, 0.15) is 5.88 Å². The average molecular weight is 212 g/mol. The van der Waals surface area contributed by atoms with Gasteiger partial charge < -0.3 is 4.42 Å². The summed E-state index contributed by atoms with van der Waals surface area (Å²) in [5.74, 6) is 1.09. The topological polar surface area (TPSA) is 76.7 Å². The summed E-state index contributed by atoms with van der Waals surface area (Å²) in [5.41, 5.74) is 0. The van der Waals surface area contributed by atoms with Crippen molar-refractivity contribution in [3.05, 3.63) is 24.2 Å². The van der Waals surface area contributed by atoms with Crippen LogP contribution in [0.15, 0.2) is 22.7 Å². The Bertz CT molecular complexity index is 403. The van der Waals surface area contributed by atoms with Gasteiger partial charge in [-0.25, -0.2) is 0 Å². The maximum absolute atomic E-state index is 5.49. The van der Waals surface area contributed by atoms with Gasteiger partial charge in [0.25, 0.3) is 0 Å². The SMILES string of the molecule is ClCc1nnc(Nc2cccnn2)o1. The summed E-state index contributed by atoms with van der Waals surface area (Å²) in [6, 6.07) is 3.73. The monoisotopic (exact) mass is 211 g/mol. The van der Waals surface area contributed by atoms with E-state index in [1.54, 1.807) is 18.3 Å². The summed E-state index contributed by atoms with van der Waals surface area (Å²) >= 11 is 5.49. The van der Waals surface area contributed by atoms with Crippen molar-refractivity contribution >= 4 is 23.4 Å². The minimum atomic E-state index is 0.190. The van der Waals surface area contributed by atoms with E-state index < -0.39 is 0 Å². The minimum absolute atomic E-state index is 0.190. The van der Waals surface area contributed by atoms with Gasteiger partial charge in [-0.05, 0) is 12.1 Å². The van der Waals surface area contributed by atoms with E-state index >= 15 is 0 Å². The molecule has 14 heavy (non-hydrogen) atoms. The number of halogens is 1. The second kappa shape index (κ2) is 4.01. The Labute approximate surface area is 84.3 Å². The van der Waals surface area contributed by atoms with Crippen molar-refractivity contribution in [3.8, 4) is 0 Å². The zero-order chi connectivity index (χ0) is 9.80. The first kappa shape index (κ1) is 8.89. The second-order valence-electron chi connectivity index (χ2n) is 2.37. The summed E-state index contributed by atoms with van der Waals surface area (Å²) in [7, 11) is 0. The normalized spacial score (nSPS) is 10.1. The number of nitrogens with zero attached hydrogens (tertiary/aromatic N) is 4. The highest BCUT2D eigenvalue weighted by molar-refractivity contribution is 6.16. The number of alkyl halides is 1. The van der Waals surface area contributed by atoms with Gasteiger partial charge in [-0.3, -0.25) is 5.32 Å². The molecule has 72 valence electrons. The van der Waals surface area contributed by atoms with E-state index in [0.717, 1.165) is 0 Å². The van der Waals surface area contributed by atoms with Gasteiger partial charge in [0.05, 0.1) is 0 Å². The van der Waals surface area contributed by atoms with E-state index in [-0.39, 0.29) is 11.9 Å². The van der Waals surface area contributed by atoms with Crippen molar-refractivity contribution in [1.82, 2.24) is 20.4 Å². The van der Waals surface area contributed by atoms with Crippen LogP contribution in [0, 0.1) is 0 Å². The van der Waals surface area contributed by atoms with E-state index in [1.807, 2.05) is 0 Å². The Balaban J connectivity index is 2.11. The highest BCUT2D eigenvalue weighted by Gasteiger charge is 2.04. The molecular weight excluding hydrogens is 206 g/mol. The van der Waals surface area contributed by atoms with Crippen molar-refractivity contribution in [2.45, 2.75) is 5.88 Å². The molecule has 0 atom stereocenters. The summed E-state index contributed by atoms with van der Waals surface area (Å²) in [6.07, 6.45) is 1.57. The molecule has 0 saturated carbocycles. The van der Waals surface area contributed by atoms with Gasteiger partial charge in [-0.15, -0.1) is 21.8 Å². The van der Waals surface area contributed by atoms with Gasteiger partial charge in [-0.1, -0.05) is 5.10 Å². The zero-order valence-corrected chi connectivity index (χ0v) is 7.77. The van der Waals surface area contributed by atoms with Crippen LogP contribution >= 0.6 is 11.6 Å². The third-order valence-electron chi connectivity index (χ3n) is 1.39. The molecule has 0 spiro atoms. The van der Waals surface area contributed by atoms with Gasteiger partial charge >= 0.3 is 6.01 Å². The Kier molecular flexibility index (Phi) is 2.55. The maximum atomic E-state index is 5.49. The molecule has 0 aliphatic carbocycles. The molecule has 0 amide bonds. The van der Waals surface area contributed by atoms with Gasteiger partial charge in [0, 0.05) is 6.20 Å². The van der Waals surface area contributed by atoms with Crippen LogP contribution in [0.2, 0.25) is 0 Å². The maximum Gasteiger partial charge on any atom is 0.321 e. The Morgan fingerprint density at radius 2 is 2.29 bits per heavy atom. The molecule has 0 unspecified atom stereocenters. The molecule has 6 nitrogen and oxygen atoms in total. The van der Waals surface area contributed by atoms with E-state index in [0.29, 0.717) is 11.7 Å². The molecule has 0 fully saturated rings. The number of hydrogen-bond acceptors (Lipinski definition) is 6. The molecule has 2 aromatic rings. The number of nitrogens with one attached hydrogen (secondary N) is 1. The lowest BCUT2D eigenvalue weighted by molar-refractivity contribution is 0.529. The van der Waals surface area contributed by atoms with Gasteiger partial charge in [-0.2, -0.15) is 5.10 Å². The number of anilines is 2. The molecule has 0 saturated heterocycles. The number of aromatic nitrogens is 4. The molecule has 2 rings (SSSR count). The number of hydrogen-bond donors (Lipinski definition) is 1. The second-order valence-corrected chi connectivity index (χ2v) is 2.64. The number of rotatable bonds is 3. The van der Waals surface area contributed by atoms with Crippen molar-refractivity contribution in [2.75, 3.05) is 5.32 Å². The van der Waals surface area contributed by atoms with Crippen LogP contribution in [-0.4, -0.2) is 20.4 Å². The fourth-order valence-electron chi connectivity index (χ4n) is 0.836. The third kappa shape index (κ3) is 1.97. The summed E-state index contributed by atoms with van der Waals surface area (Å²) in [6.45, 7) is 0. The first-order valence-electron chi connectivity index (χ1n) is 3.81. The van der Waals surface area contributed by atoms with Crippen molar-refractivity contribution in [3.63, 3.8) is 0 Å². The van der Waals surface area contributed by atoms with E-state index in [2.05, 4.69) is 25.7 Å². The summed E-state index contributed by atoms with van der Waals surface area (Å²) in [4.78, 5) is 0. The summed E-state index contributed by atoms with van der Waals surface area (Å²) in [5, 5.41) is 17.6. The highest BCUT2D eigenvalue weighted by Crippen LogP contribution is 2.12. The molecule has 0 aromatic carbocycles. The van der Waals surface area contributed by atoms with Gasteiger partial charge in [0.2, 0.25) is 5.89 Å². The van der Waals surface area contributed by atoms with Crippen LogP contribution in [0.25, 0.3) is 0 Å². The lowest BCUT2D eigenvalue weighted by Crippen LogP contribution is -1.94. The summed E-state index contributed by atoms with van der Waals surface area (Å²) < 4.78 is 5.10. The Hall–Kier alpha value is -1.69. The van der Waals surface area contributed by atoms with Crippen molar-refractivity contribution < 1.29 is 4.42 Å². The van der Waals surface area contributed by atoms with E-state index in [9.17, 15) is 0 Å². The van der Waals surface area contributed by atoms with Crippen LogP contribution in [-0.2, 0) is 5.88 Å². The zero-order valence-electron chi connectivity index (χ0n) is 7.01. The standard InChI is InChI=1S/C7H6ClN5O/c8-4-6-12-13-7(14-6)10-5-2-1-3-9-11-5/h1-3H,4H2,(H,10,11,13). The predicted octanol–water partition coefficient (Wildman–Crippen LogP) is 1.34. The first-order chi connectivity index (χ1) is 6.88. The fourth-order valence-corrected chi connectivity index (χ4v) is 0.944. The molecule has 2 heterocycles. The van der Waals surface area contributed by atoms with Crippen LogP contribution in [0.3, 0.4) is 0 Å². The lowest BCUT2D eigenvalue weighted by atomic mass is 10.5. The molecule has 0 radical (unpaired) electrons. The van der Waals surface area contributed by atoms with Crippen LogP contribution < -0.4 is 5.32 Å². The van der Waals surface area contributed by atoms with E-state index in [1.165, 1.54) is 0 Å². The van der Waals surface area contributed by atoms with Gasteiger partial charge in [0.15, 0.2) is 5.82 Å². The molecule has 0 bridgehead atoms. The van der Waals surface area contributed by atoms with Crippen LogP contribution in [0.1, 0.15) is 5.89 Å². The third-order valence-corrected chi connectivity index (χ3v) is 1.62. The first-order valence-corrected chi connectivity index (χ1v) is 4.35. The molecular formula is C7H6ClN5O. The highest BCUT2D eigenvalue weighted by atomic mass is 35.5. The molecule has 7 heteroatoms. The quantitative estimate of drug-likeness (QED) is 0.772. The van der Waals surface area contributed by atoms with E-state index in [4.69, 9.17) is 16.0 Å². The molecule has 2 aromatic heterocycles. The minimum Gasteiger partial charge on any atom is -0.407 e. The average Bonchev–Trinajstić information content (AvgIpc) is 2.67. The lowest BCUT2D eigenvalue weighted by Gasteiger charge is -1.96. The fraction of sp³-hybridized carbons (Fsp3) is 0.143. The molecule has 0 aliphatic rings. The molecule has 1 N–H and O–H groups in total. The Morgan fingerprint density at radius 1 is 1.36 bits per heavy atom. The smallest absolute Gasteiger partial charge is 0.321 e.